The van der Waals surface area contributed by atoms with Crippen molar-refractivity contribution in [3.8, 4) is 0 Å². The van der Waals surface area contributed by atoms with Gasteiger partial charge < -0.3 is 10.6 Å². The number of piperidine rings is 1. The first-order valence-electron chi connectivity index (χ1n) is 8.83. The van der Waals surface area contributed by atoms with E-state index in [1.54, 1.807) is 24.3 Å². The van der Waals surface area contributed by atoms with Crippen LogP contribution < -0.4 is 10.6 Å². The molecule has 0 unspecified atom stereocenters. The third-order valence-corrected chi connectivity index (χ3v) is 6.28. The molecule has 1 heterocycles. The van der Waals surface area contributed by atoms with Gasteiger partial charge in [0.2, 0.25) is 10.0 Å². The highest BCUT2D eigenvalue weighted by Crippen LogP contribution is 2.23. The summed E-state index contributed by atoms with van der Waals surface area (Å²) in [4.78, 5) is 4.08. The first kappa shape index (κ1) is 25.0. The summed E-state index contributed by atoms with van der Waals surface area (Å²) in [5, 5.41) is 5.45. The molecule has 1 aliphatic heterocycles. The minimum Gasteiger partial charge on any atom is -0.356 e. The highest BCUT2D eigenvalue weighted by molar-refractivity contribution is 14.0. The predicted molar refractivity (Wildman–Crippen MR) is 113 cm³/mol. The summed E-state index contributed by atoms with van der Waals surface area (Å²) in [5.74, 6) is 0.185. The summed E-state index contributed by atoms with van der Waals surface area (Å²) in [7, 11) is -2.16. The molecule has 1 aromatic rings. The van der Waals surface area contributed by atoms with Crippen LogP contribution in [0.4, 0.5) is 13.2 Å². The van der Waals surface area contributed by atoms with Crippen molar-refractivity contribution in [1.82, 2.24) is 14.9 Å². The van der Waals surface area contributed by atoms with E-state index in [4.69, 9.17) is 0 Å². The minimum absolute atomic E-state index is 0. The van der Waals surface area contributed by atoms with Gasteiger partial charge >= 0.3 is 6.18 Å². The number of guanidine groups is 1. The van der Waals surface area contributed by atoms with E-state index in [2.05, 4.69) is 15.6 Å². The van der Waals surface area contributed by atoms with Crippen molar-refractivity contribution in [2.75, 3.05) is 26.7 Å². The number of aliphatic imine (C=N–C) groups is 1. The Bertz CT molecular complexity index is 751. The Morgan fingerprint density at radius 3 is 2.39 bits per heavy atom. The van der Waals surface area contributed by atoms with Crippen LogP contribution in [-0.4, -0.2) is 51.5 Å². The maximum atomic E-state index is 12.9. The van der Waals surface area contributed by atoms with Gasteiger partial charge in [0.1, 0.15) is 0 Å². The third kappa shape index (κ3) is 7.39. The zero-order chi connectivity index (χ0) is 19.9. The fourth-order valence-electron chi connectivity index (χ4n) is 2.87. The molecular weight excluding hydrogens is 508 g/mol. The Hall–Kier alpha value is -1.08. The number of benzene rings is 1. The molecule has 6 nitrogen and oxygen atoms in total. The topological polar surface area (TPSA) is 73.8 Å². The molecule has 1 aromatic carbocycles. The molecule has 28 heavy (non-hydrogen) atoms. The zero-order valence-corrected chi connectivity index (χ0v) is 18.8. The molecule has 11 heteroatoms. The van der Waals surface area contributed by atoms with Gasteiger partial charge in [-0.25, -0.2) is 8.42 Å². The van der Waals surface area contributed by atoms with E-state index in [-0.39, 0.29) is 47.9 Å². The number of alkyl halides is 3. The predicted octanol–water partition coefficient (Wildman–Crippen LogP) is 3.10. The number of nitrogens with one attached hydrogen (secondary N) is 2. The van der Waals surface area contributed by atoms with E-state index >= 15 is 0 Å². The molecule has 2 rings (SSSR count). The second kappa shape index (κ2) is 11.2. The van der Waals surface area contributed by atoms with Crippen molar-refractivity contribution in [2.45, 2.75) is 43.3 Å². The van der Waals surface area contributed by atoms with Gasteiger partial charge in [0.25, 0.3) is 0 Å². The molecule has 0 atom stereocenters. The Kier molecular flexibility index (Phi) is 9.98. The van der Waals surface area contributed by atoms with Crippen LogP contribution in [0.2, 0.25) is 0 Å². The average Bonchev–Trinajstić information content (AvgIpc) is 2.64. The van der Waals surface area contributed by atoms with Crippen molar-refractivity contribution in [3.63, 3.8) is 0 Å². The van der Waals surface area contributed by atoms with Crippen molar-refractivity contribution >= 4 is 40.0 Å². The maximum Gasteiger partial charge on any atom is 0.390 e. The Morgan fingerprint density at radius 1 is 1.14 bits per heavy atom. The summed E-state index contributed by atoms with van der Waals surface area (Å²) < 4.78 is 64.1. The van der Waals surface area contributed by atoms with Crippen LogP contribution >= 0.6 is 24.0 Å². The van der Waals surface area contributed by atoms with Crippen LogP contribution in [0.25, 0.3) is 0 Å². The first-order chi connectivity index (χ1) is 12.7. The van der Waals surface area contributed by atoms with E-state index in [9.17, 15) is 21.6 Å². The van der Waals surface area contributed by atoms with Gasteiger partial charge in [-0.2, -0.15) is 17.5 Å². The number of hydrogen-bond donors (Lipinski definition) is 2. The number of halogens is 4. The third-order valence-electron chi connectivity index (χ3n) is 4.28. The lowest BCUT2D eigenvalue weighted by Gasteiger charge is -2.27. The van der Waals surface area contributed by atoms with Crippen LogP contribution in [0, 0.1) is 0 Å². The monoisotopic (exact) mass is 534 g/mol. The number of hydrogen-bond acceptors (Lipinski definition) is 3. The Balaban J connectivity index is 0.00000392. The van der Waals surface area contributed by atoms with Gasteiger partial charge in [-0.3, -0.25) is 4.99 Å². The standard InChI is InChI=1S/C17H25F3N4O2S.HI/c1-21-16(22-10-9-17(18,19)20)23-13-14-7-3-4-8-15(14)27(25,26)24-11-5-2-6-12-24;/h3-4,7-8H,2,5-6,9-13H2,1H3,(H2,21,22,23);1H. The van der Waals surface area contributed by atoms with Gasteiger partial charge in [-0.05, 0) is 24.5 Å². The van der Waals surface area contributed by atoms with Gasteiger partial charge in [0, 0.05) is 33.2 Å². The van der Waals surface area contributed by atoms with Crippen LogP contribution in [0.15, 0.2) is 34.2 Å². The van der Waals surface area contributed by atoms with Crippen molar-refractivity contribution in [1.29, 1.82) is 0 Å². The summed E-state index contributed by atoms with van der Waals surface area (Å²) in [5.41, 5.74) is 0.543. The summed E-state index contributed by atoms with van der Waals surface area (Å²) in [6.45, 7) is 0.835. The quantitative estimate of drug-likeness (QED) is 0.335. The number of nitrogens with zero attached hydrogens (tertiary/aromatic N) is 2. The van der Waals surface area contributed by atoms with Crippen molar-refractivity contribution in [2.24, 2.45) is 4.99 Å². The zero-order valence-electron chi connectivity index (χ0n) is 15.6. The SMILES string of the molecule is CN=C(NCCC(F)(F)F)NCc1ccccc1S(=O)(=O)N1CCCCC1.I. The lowest BCUT2D eigenvalue weighted by atomic mass is 10.2. The molecule has 1 fully saturated rings. The first-order valence-corrected chi connectivity index (χ1v) is 10.3. The molecule has 0 aromatic heterocycles. The molecule has 2 N–H and O–H groups in total. The molecule has 0 spiro atoms. The van der Waals surface area contributed by atoms with E-state index < -0.39 is 22.6 Å². The summed E-state index contributed by atoms with van der Waals surface area (Å²) >= 11 is 0. The normalized spacial score (nSPS) is 16.4. The van der Waals surface area contributed by atoms with Crippen molar-refractivity contribution in [3.05, 3.63) is 29.8 Å². The molecular formula is C17H26F3IN4O2S. The maximum absolute atomic E-state index is 12.9. The largest absolute Gasteiger partial charge is 0.390 e. The minimum atomic E-state index is -4.25. The Labute approximate surface area is 181 Å². The highest BCUT2D eigenvalue weighted by atomic mass is 127. The smallest absolute Gasteiger partial charge is 0.356 e. The van der Waals surface area contributed by atoms with Crippen molar-refractivity contribution < 1.29 is 21.6 Å². The lowest BCUT2D eigenvalue weighted by Crippen LogP contribution is -2.39. The second-order valence-corrected chi connectivity index (χ2v) is 8.20. The van der Waals surface area contributed by atoms with E-state index in [1.165, 1.54) is 11.4 Å². The highest BCUT2D eigenvalue weighted by Gasteiger charge is 2.28. The molecule has 0 amide bonds. The molecule has 0 saturated carbocycles. The van der Waals surface area contributed by atoms with Crippen LogP contribution in [0.3, 0.4) is 0 Å². The number of sulfonamides is 1. The fourth-order valence-corrected chi connectivity index (χ4v) is 4.61. The van der Waals surface area contributed by atoms with Gasteiger partial charge in [0.05, 0.1) is 11.3 Å². The molecule has 160 valence electrons. The lowest BCUT2D eigenvalue weighted by molar-refractivity contribution is -0.132. The summed E-state index contributed by atoms with van der Waals surface area (Å²) in [6.07, 6.45) is -2.52. The second-order valence-electron chi connectivity index (χ2n) is 6.29. The van der Waals surface area contributed by atoms with E-state index in [0.29, 0.717) is 18.7 Å². The van der Waals surface area contributed by atoms with Crippen LogP contribution in [0.1, 0.15) is 31.2 Å². The average molecular weight is 534 g/mol. The molecule has 1 aliphatic rings. The Morgan fingerprint density at radius 2 is 1.79 bits per heavy atom. The van der Waals surface area contributed by atoms with Gasteiger partial charge in [0.15, 0.2) is 5.96 Å². The molecule has 0 bridgehead atoms. The molecule has 0 aliphatic carbocycles. The molecule has 1 saturated heterocycles. The van der Waals surface area contributed by atoms with E-state index in [0.717, 1.165) is 19.3 Å². The fraction of sp³-hybridized carbons (Fsp3) is 0.588. The van der Waals surface area contributed by atoms with Gasteiger partial charge in [-0.1, -0.05) is 24.6 Å². The van der Waals surface area contributed by atoms with Gasteiger partial charge in [-0.15, -0.1) is 24.0 Å². The van der Waals surface area contributed by atoms with Crippen LogP contribution in [-0.2, 0) is 16.6 Å². The number of rotatable bonds is 6. The molecule has 0 radical (unpaired) electrons. The van der Waals surface area contributed by atoms with Crippen LogP contribution in [0.5, 0.6) is 0 Å². The van der Waals surface area contributed by atoms with E-state index in [1.807, 2.05) is 0 Å². The summed E-state index contributed by atoms with van der Waals surface area (Å²) in [6, 6.07) is 6.64.